The molecule has 6 heterocycles. The van der Waals surface area contributed by atoms with Crippen LogP contribution >= 0.6 is 45.3 Å². The Morgan fingerprint density at radius 3 is 1.11 bits per heavy atom. The third-order valence-corrected chi connectivity index (χ3v) is 19.5. The highest BCUT2D eigenvalue weighted by Crippen LogP contribution is 2.66. The standard InChI is InChI=1S/C54H36O6S4/c55-41-33-19-27-11-3-4-12-28(27)20-34(33)42(56)37(41)23-31-25-39-47(61-31)49-45(59-53(39)15-7-1-8-16-53)51-52(63-49)46-50(64-51)48-40(54(60-46)17-9-2-10-18-54)26-32(62-48)24-38-43(57)35-21-29-13-5-6-14-30(29)22-36(35)44(38)58/h3-6,11-14,19-26H,1-2,7-10,15-18H2. The van der Waals surface area contributed by atoms with Gasteiger partial charge in [0.2, 0.25) is 0 Å². The maximum absolute atomic E-state index is 13.9. The number of thiophene rings is 4. The van der Waals surface area contributed by atoms with Gasteiger partial charge in [0.25, 0.3) is 0 Å². The van der Waals surface area contributed by atoms with Gasteiger partial charge in [0.05, 0.1) is 40.1 Å². The first-order valence-electron chi connectivity index (χ1n) is 22.2. The van der Waals surface area contributed by atoms with Crippen molar-refractivity contribution >= 4 is 112 Å². The van der Waals surface area contributed by atoms with Gasteiger partial charge in [-0.25, -0.2) is 0 Å². The topological polar surface area (TPSA) is 86.7 Å². The van der Waals surface area contributed by atoms with E-state index in [0.29, 0.717) is 22.3 Å². The number of Topliss-reactive ketones (excluding diaryl/α,β-unsaturated/α-hetero) is 4. The Kier molecular flexibility index (Phi) is 7.86. The van der Waals surface area contributed by atoms with Crippen molar-refractivity contribution in [2.24, 2.45) is 0 Å². The molecule has 4 aromatic heterocycles. The normalized spacial score (nSPS) is 18.9. The molecule has 2 fully saturated rings. The summed E-state index contributed by atoms with van der Waals surface area (Å²) in [5.41, 5.74) is 3.66. The molecule has 0 atom stereocenters. The van der Waals surface area contributed by atoms with E-state index < -0.39 is 11.2 Å². The van der Waals surface area contributed by atoms with E-state index in [1.807, 2.05) is 84.9 Å². The lowest BCUT2D eigenvalue weighted by Crippen LogP contribution is -2.37. The molecule has 0 unspecified atom stereocenters. The van der Waals surface area contributed by atoms with Gasteiger partial charge in [-0.2, -0.15) is 0 Å². The minimum absolute atomic E-state index is 0.217. The lowest BCUT2D eigenvalue weighted by Gasteiger charge is -2.41. The molecule has 2 spiro atoms. The number of benzene rings is 4. The number of carbonyl (C=O) groups is 4. The van der Waals surface area contributed by atoms with Crippen molar-refractivity contribution in [3.63, 3.8) is 0 Å². The van der Waals surface area contributed by atoms with E-state index in [2.05, 4.69) is 12.1 Å². The molecule has 0 N–H and O–H groups in total. The van der Waals surface area contributed by atoms with Crippen LogP contribution < -0.4 is 9.47 Å². The first kappa shape index (κ1) is 37.6. The average Bonchev–Trinajstić information content (AvgIpc) is 4.17. The second-order valence-corrected chi connectivity index (χ2v) is 22.4. The number of ketones is 4. The highest BCUT2D eigenvalue weighted by Gasteiger charge is 2.49. The van der Waals surface area contributed by atoms with Crippen molar-refractivity contribution in [2.75, 3.05) is 0 Å². The lowest BCUT2D eigenvalue weighted by molar-refractivity contribution is 0.0258. The molecule has 4 aliphatic carbocycles. The van der Waals surface area contributed by atoms with E-state index in [1.165, 1.54) is 0 Å². The van der Waals surface area contributed by atoms with Crippen LogP contribution in [0.2, 0.25) is 0 Å². The fourth-order valence-corrected chi connectivity index (χ4v) is 16.7. The zero-order valence-corrected chi connectivity index (χ0v) is 37.7. The predicted molar refractivity (Wildman–Crippen MR) is 258 cm³/mol. The number of allylic oxidation sites excluding steroid dienone is 2. The van der Waals surface area contributed by atoms with E-state index in [4.69, 9.17) is 9.47 Å². The minimum Gasteiger partial charge on any atom is -0.479 e. The van der Waals surface area contributed by atoms with E-state index in [9.17, 15) is 19.2 Å². The zero-order chi connectivity index (χ0) is 42.6. The second-order valence-electron chi connectivity index (χ2n) is 18.2. The summed E-state index contributed by atoms with van der Waals surface area (Å²) in [5, 5.41) is 3.79. The third kappa shape index (κ3) is 5.16. The van der Waals surface area contributed by atoms with Crippen LogP contribution in [0.25, 0.3) is 62.6 Å². The average molecular weight is 909 g/mol. The Hall–Kier alpha value is -5.78. The summed E-state index contributed by atoms with van der Waals surface area (Å²) in [6.07, 6.45) is 13.8. The Morgan fingerprint density at radius 2 is 0.766 bits per heavy atom. The van der Waals surface area contributed by atoms with Crippen LogP contribution in [0.4, 0.5) is 0 Å². The molecule has 8 aromatic rings. The van der Waals surface area contributed by atoms with Gasteiger partial charge in [-0.1, -0.05) is 61.4 Å². The van der Waals surface area contributed by atoms with Crippen LogP contribution in [-0.4, -0.2) is 23.1 Å². The molecule has 0 radical (unpaired) electrons. The first-order valence-corrected chi connectivity index (χ1v) is 25.5. The number of fused-ring (bicyclic) bond motifs is 15. The molecule has 6 aliphatic rings. The van der Waals surface area contributed by atoms with Gasteiger partial charge in [-0.15, -0.1) is 45.3 Å². The molecule has 64 heavy (non-hydrogen) atoms. The Labute approximate surface area is 383 Å². The van der Waals surface area contributed by atoms with Crippen molar-refractivity contribution in [1.29, 1.82) is 0 Å². The summed E-state index contributed by atoms with van der Waals surface area (Å²) in [6.45, 7) is 0. The van der Waals surface area contributed by atoms with Gasteiger partial charge < -0.3 is 9.47 Å². The van der Waals surface area contributed by atoms with E-state index >= 15 is 0 Å². The summed E-state index contributed by atoms with van der Waals surface area (Å²) < 4.78 is 16.9. The molecule has 2 aliphatic heterocycles. The fraction of sp³-hybridized carbons (Fsp3) is 0.222. The third-order valence-electron chi connectivity index (χ3n) is 14.6. The molecule has 4 aromatic carbocycles. The molecule has 0 bridgehead atoms. The molecular weight excluding hydrogens is 873 g/mol. The summed E-state index contributed by atoms with van der Waals surface area (Å²) in [6, 6.07) is 27.5. The van der Waals surface area contributed by atoms with Crippen molar-refractivity contribution in [3.8, 4) is 31.0 Å². The molecule has 2 saturated carbocycles. The molecular formula is C54H36O6S4. The molecule has 10 heteroatoms. The Bertz CT molecular complexity index is 3210. The summed E-state index contributed by atoms with van der Waals surface area (Å²) in [7, 11) is 0. The van der Waals surface area contributed by atoms with Gasteiger partial charge >= 0.3 is 0 Å². The van der Waals surface area contributed by atoms with E-state index in [0.717, 1.165) is 147 Å². The van der Waals surface area contributed by atoms with Crippen molar-refractivity contribution in [2.45, 2.75) is 75.4 Å². The van der Waals surface area contributed by atoms with Gasteiger partial charge in [0, 0.05) is 43.1 Å². The first-order chi connectivity index (χ1) is 31.3. The molecule has 6 nitrogen and oxygen atoms in total. The number of carbonyl (C=O) groups excluding carboxylic acids is 4. The van der Waals surface area contributed by atoms with Gasteiger partial charge in [0.15, 0.2) is 34.6 Å². The van der Waals surface area contributed by atoms with Crippen molar-refractivity contribution in [3.05, 3.63) is 139 Å². The van der Waals surface area contributed by atoms with Crippen LogP contribution in [-0.2, 0) is 11.2 Å². The number of rotatable bonds is 2. The molecule has 0 amide bonds. The Balaban J connectivity index is 0.885. The van der Waals surface area contributed by atoms with E-state index in [-0.39, 0.29) is 34.3 Å². The minimum atomic E-state index is -0.501. The van der Waals surface area contributed by atoms with Gasteiger partial charge in [-0.3, -0.25) is 19.2 Å². The van der Waals surface area contributed by atoms with Crippen molar-refractivity contribution < 1.29 is 28.7 Å². The molecule has 0 saturated heterocycles. The number of ether oxygens (including phenoxy) is 2. The molecule has 14 rings (SSSR count). The summed E-state index contributed by atoms with van der Waals surface area (Å²) in [5.74, 6) is 0.959. The van der Waals surface area contributed by atoms with Crippen LogP contribution in [0.1, 0.15) is 127 Å². The number of hydrogen-bond donors (Lipinski definition) is 0. The van der Waals surface area contributed by atoms with Crippen molar-refractivity contribution in [1.82, 2.24) is 0 Å². The predicted octanol–water partition coefficient (Wildman–Crippen LogP) is 14.8. The highest BCUT2D eigenvalue weighted by atomic mass is 32.1. The lowest BCUT2D eigenvalue weighted by atomic mass is 9.78. The quantitative estimate of drug-likeness (QED) is 0.127. The zero-order valence-electron chi connectivity index (χ0n) is 34.4. The largest absolute Gasteiger partial charge is 0.479 e. The molecule has 312 valence electrons. The summed E-state index contributed by atoms with van der Waals surface area (Å²) in [4.78, 5) is 61.8. The monoisotopic (exact) mass is 908 g/mol. The maximum atomic E-state index is 13.9. The second kappa shape index (κ2) is 13.4. The van der Waals surface area contributed by atoms with E-state index in [1.54, 1.807) is 45.3 Å². The fourth-order valence-electron chi connectivity index (χ4n) is 11.4. The van der Waals surface area contributed by atoms with Crippen LogP contribution in [0.5, 0.6) is 11.5 Å². The maximum Gasteiger partial charge on any atom is 0.197 e. The van der Waals surface area contributed by atoms with Gasteiger partial charge in [-0.05, 0) is 121 Å². The Morgan fingerprint density at radius 1 is 0.422 bits per heavy atom. The number of hydrogen-bond acceptors (Lipinski definition) is 10. The highest BCUT2D eigenvalue weighted by molar-refractivity contribution is 7.35. The SMILES string of the molecule is O=C1C(=Cc2cc3c(s2)-c2sc4c5c(sc4c2OC32CCCCC2)-c2sc(C=C3C(=O)c4cc6ccccc6cc4C3=O)cc2C2(CCCCC2)O5)C(=O)c2cc3ccccc3cc21. The van der Waals surface area contributed by atoms with Crippen LogP contribution in [0, 0.1) is 0 Å². The van der Waals surface area contributed by atoms with Crippen LogP contribution in [0.3, 0.4) is 0 Å². The van der Waals surface area contributed by atoms with Crippen LogP contribution in [0.15, 0.2) is 96.1 Å². The smallest absolute Gasteiger partial charge is 0.197 e. The van der Waals surface area contributed by atoms with Gasteiger partial charge in [0.1, 0.15) is 11.2 Å². The summed E-state index contributed by atoms with van der Waals surface area (Å²) >= 11 is 6.76.